The highest BCUT2D eigenvalue weighted by molar-refractivity contribution is 5.61. The zero-order chi connectivity index (χ0) is 13.1. The van der Waals surface area contributed by atoms with Crippen LogP contribution in [0.25, 0.3) is 0 Å². The van der Waals surface area contributed by atoms with Crippen molar-refractivity contribution in [2.24, 2.45) is 0 Å². The lowest BCUT2D eigenvalue weighted by molar-refractivity contribution is -0.238. The van der Waals surface area contributed by atoms with Crippen molar-refractivity contribution in [1.29, 1.82) is 0 Å². The summed E-state index contributed by atoms with van der Waals surface area (Å²) in [4.78, 5) is 11.6. The Kier molecular flexibility index (Phi) is 4.12. The normalized spacial score (nSPS) is 26.3. The lowest BCUT2D eigenvalue weighted by Crippen LogP contribution is -2.42. The molecule has 0 amide bonds. The predicted octanol–water partition coefficient (Wildman–Crippen LogP) is 2.45. The maximum absolute atomic E-state index is 11.6. The van der Waals surface area contributed by atoms with Gasteiger partial charge in [-0.3, -0.25) is 0 Å². The van der Waals surface area contributed by atoms with Crippen molar-refractivity contribution in [1.82, 2.24) is 0 Å². The molecule has 0 aliphatic heterocycles. The van der Waals surface area contributed by atoms with E-state index in [2.05, 4.69) is 0 Å². The van der Waals surface area contributed by atoms with Crippen molar-refractivity contribution in [2.45, 2.75) is 75.8 Å². The molecule has 0 unspecified atom stereocenters. The second kappa shape index (κ2) is 5.45. The molecule has 2 aliphatic carbocycles. The van der Waals surface area contributed by atoms with E-state index < -0.39 is 17.7 Å². The maximum Gasteiger partial charge on any atom is 0.513 e. The van der Waals surface area contributed by atoms with Gasteiger partial charge in [0.05, 0.1) is 0 Å². The molecule has 5 nitrogen and oxygen atoms in total. The van der Waals surface area contributed by atoms with E-state index in [1.165, 1.54) is 0 Å². The van der Waals surface area contributed by atoms with Crippen LogP contribution in [0.1, 0.15) is 64.2 Å². The van der Waals surface area contributed by atoms with Gasteiger partial charge in [0.15, 0.2) is 0 Å². The first-order valence-electron chi connectivity index (χ1n) is 6.88. The predicted molar refractivity (Wildman–Crippen MR) is 63.6 cm³/mol. The molecule has 0 saturated heterocycles. The summed E-state index contributed by atoms with van der Waals surface area (Å²) < 4.78 is 9.96. The minimum Gasteiger partial charge on any atom is -0.402 e. The molecule has 2 fully saturated rings. The highest BCUT2D eigenvalue weighted by Gasteiger charge is 2.38. The van der Waals surface area contributed by atoms with Crippen LogP contribution in [0.15, 0.2) is 0 Å². The minimum absolute atomic E-state index is 0.445. The average molecular weight is 258 g/mol. The van der Waals surface area contributed by atoms with Crippen LogP contribution in [-0.2, 0) is 9.47 Å². The molecule has 2 N–H and O–H groups in total. The second-order valence-corrected chi connectivity index (χ2v) is 5.47. The van der Waals surface area contributed by atoms with Gasteiger partial charge in [0.25, 0.3) is 0 Å². The van der Waals surface area contributed by atoms with E-state index >= 15 is 0 Å². The lowest BCUT2D eigenvalue weighted by Gasteiger charge is -2.34. The van der Waals surface area contributed by atoms with Crippen molar-refractivity contribution in [3.05, 3.63) is 0 Å². The number of carbonyl (C=O) groups excluding carboxylic acids is 1. The Balaban J connectivity index is 1.83. The third-order valence-corrected chi connectivity index (χ3v) is 3.82. The van der Waals surface area contributed by atoms with Gasteiger partial charge < -0.3 is 19.7 Å². The van der Waals surface area contributed by atoms with Gasteiger partial charge in [-0.25, -0.2) is 4.79 Å². The van der Waals surface area contributed by atoms with E-state index in [4.69, 9.17) is 9.47 Å². The molecular weight excluding hydrogens is 236 g/mol. The molecule has 2 aliphatic rings. The first-order valence-corrected chi connectivity index (χ1v) is 6.88. The van der Waals surface area contributed by atoms with E-state index in [0.29, 0.717) is 25.7 Å². The van der Waals surface area contributed by atoms with Crippen LogP contribution in [0.5, 0.6) is 0 Å². The van der Waals surface area contributed by atoms with Crippen LogP contribution >= 0.6 is 0 Å². The molecule has 5 heteroatoms. The van der Waals surface area contributed by atoms with Crippen molar-refractivity contribution < 1.29 is 24.5 Å². The first kappa shape index (κ1) is 13.6. The number of rotatable bonds is 2. The van der Waals surface area contributed by atoms with Gasteiger partial charge >= 0.3 is 6.16 Å². The van der Waals surface area contributed by atoms with Crippen LogP contribution in [0, 0.1) is 0 Å². The largest absolute Gasteiger partial charge is 0.513 e. The summed E-state index contributed by atoms with van der Waals surface area (Å²) in [6.45, 7) is 0. The average Bonchev–Trinajstić information content (AvgIpc) is 2.29. The third-order valence-electron chi connectivity index (χ3n) is 3.82. The summed E-state index contributed by atoms with van der Waals surface area (Å²) in [6.07, 6.45) is 6.28. The van der Waals surface area contributed by atoms with E-state index in [0.717, 1.165) is 38.5 Å². The molecule has 18 heavy (non-hydrogen) atoms. The van der Waals surface area contributed by atoms with Crippen LogP contribution in [-0.4, -0.2) is 27.9 Å². The smallest absolute Gasteiger partial charge is 0.402 e. The molecule has 2 saturated carbocycles. The minimum atomic E-state index is -1.40. The monoisotopic (exact) mass is 258 g/mol. The van der Waals surface area contributed by atoms with E-state index in [9.17, 15) is 15.0 Å². The fourth-order valence-electron chi connectivity index (χ4n) is 2.74. The lowest BCUT2D eigenvalue weighted by atomic mass is 9.94. The SMILES string of the molecule is O=C(OC1(O)CCCCC1)OC1(O)CCCCC1. The quantitative estimate of drug-likeness (QED) is 0.587. The van der Waals surface area contributed by atoms with Crippen molar-refractivity contribution >= 4 is 6.16 Å². The van der Waals surface area contributed by atoms with E-state index in [-0.39, 0.29) is 0 Å². The van der Waals surface area contributed by atoms with E-state index in [1.54, 1.807) is 0 Å². The number of carbonyl (C=O) groups is 1. The number of hydrogen-bond donors (Lipinski definition) is 2. The van der Waals surface area contributed by atoms with Gasteiger partial charge in [-0.15, -0.1) is 0 Å². The van der Waals surface area contributed by atoms with Gasteiger partial charge in [0.1, 0.15) is 0 Å². The maximum atomic E-state index is 11.6. The zero-order valence-electron chi connectivity index (χ0n) is 10.7. The number of ether oxygens (including phenoxy) is 2. The highest BCUT2D eigenvalue weighted by atomic mass is 16.8. The Morgan fingerprint density at radius 3 is 1.39 bits per heavy atom. The Morgan fingerprint density at radius 1 is 0.722 bits per heavy atom. The van der Waals surface area contributed by atoms with Gasteiger partial charge in [0.2, 0.25) is 11.6 Å². The summed E-state index contributed by atoms with van der Waals surface area (Å²) in [7, 11) is 0. The fourth-order valence-corrected chi connectivity index (χ4v) is 2.74. The van der Waals surface area contributed by atoms with Gasteiger partial charge in [-0.2, -0.15) is 0 Å². The molecule has 0 heterocycles. The van der Waals surface area contributed by atoms with Crippen molar-refractivity contribution in [2.75, 3.05) is 0 Å². The molecular formula is C13H22O5. The van der Waals surface area contributed by atoms with Crippen LogP contribution in [0.4, 0.5) is 4.79 Å². The Morgan fingerprint density at radius 2 is 1.06 bits per heavy atom. The second-order valence-electron chi connectivity index (χ2n) is 5.47. The molecule has 0 spiro atoms. The van der Waals surface area contributed by atoms with Gasteiger partial charge in [0, 0.05) is 25.7 Å². The Bertz CT molecular complexity index is 262. The summed E-state index contributed by atoms with van der Waals surface area (Å²) in [6, 6.07) is 0. The molecule has 0 aromatic heterocycles. The van der Waals surface area contributed by atoms with Crippen LogP contribution in [0.2, 0.25) is 0 Å². The first-order chi connectivity index (χ1) is 8.52. The summed E-state index contributed by atoms with van der Waals surface area (Å²) in [5, 5.41) is 20.1. The van der Waals surface area contributed by atoms with Crippen molar-refractivity contribution in [3.63, 3.8) is 0 Å². The molecule has 0 atom stereocenters. The molecule has 104 valence electrons. The van der Waals surface area contributed by atoms with Crippen LogP contribution < -0.4 is 0 Å². The standard InChI is InChI=1S/C13H22O5/c14-11(17-12(15)7-3-1-4-8-12)18-13(16)9-5-2-6-10-13/h15-16H,1-10H2. The molecule has 0 bridgehead atoms. The summed E-state index contributed by atoms with van der Waals surface area (Å²) in [5.41, 5.74) is 0. The Labute approximate surface area is 107 Å². The topological polar surface area (TPSA) is 76.0 Å². The fraction of sp³-hybridized carbons (Fsp3) is 0.923. The van der Waals surface area contributed by atoms with Crippen LogP contribution in [0.3, 0.4) is 0 Å². The molecule has 2 rings (SSSR count). The summed E-state index contributed by atoms with van der Waals surface area (Å²) >= 11 is 0. The molecule has 0 radical (unpaired) electrons. The van der Waals surface area contributed by atoms with Gasteiger partial charge in [-0.1, -0.05) is 12.8 Å². The Hall–Kier alpha value is -0.810. The highest BCUT2D eigenvalue weighted by Crippen LogP contribution is 2.32. The van der Waals surface area contributed by atoms with Crippen molar-refractivity contribution in [3.8, 4) is 0 Å². The van der Waals surface area contributed by atoms with Gasteiger partial charge in [-0.05, 0) is 25.7 Å². The van der Waals surface area contributed by atoms with E-state index in [1.807, 2.05) is 0 Å². The molecule has 0 aromatic rings. The third kappa shape index (κ3) is 3.59. The number of hydrogen-bond acceptors (Lipinski definition) is 5. The number of aliphatic hydroxyl groups is 2. The summed E-state index contributed by atoms with van der Waals surface area (Å²) in [5.74, 6) is -2.80. The zero-order valence-corrected chi connectivity index (χ0v) is 10.7. The molecule has 0 aromatic carbocycles.